The minimum atomic E-state index is 0.115. The summed E-state index contributed by atoms with van der Waals surface area (Å²) in [7, 11) is 1.99. The SMILES string of the molecule is Cc1cc2c(=O)cc(C)n(C)c2cc1C. The summed E-state index contributed by atoms with van der Waals surface area (Å²) in [6.45, 7) is 6.06. The molecule has 1 aromatic heterocycles. The van der Waals surface area contributed by atoms with Crippen molar-refractivity contribution >= 4 is 10.9 Å². The quantitative estimate of drug-likeness (QED) is 0.641. The lowest BCUT2D eigenvalue weighted by Crippen LogP contribution is -2.09. The first-order chi connectivity index (χ1) is 7.00. The van der Waals surface area contributed by atoms with Gasteiger partial charge in [-0.1, -0.05) is 0 Å². The first kappa shape index (κ1) is 9.97. The molecule has 0 atom stereocenters. The zero-order valence-corrected chi connectivity index (χ0v) is 9.59. The van der Waals surface area contributed by atoms with Crippen LogP contribution in [0.15, 0.2) is 23.0 Å². The molecule has 0 unspecified atom stereocenters. The summed E-state index contributed by atoms with van der Waals surface area (Å²) in [6.07, 6.45) is 0. The van der Waals surface area contributed by atoms with E-state index < -0.39 is 0 Å². The molecule has 2 heteroatoms. The molecule has 15 heavy (non-hydrogen) atoms. The van der Waals surface area contributed by atoms with Gasteiger partial charge in [0.2, 0.25) is 0 Å². The average molecular weight is 201 g/mol. The normalized spacial score (nSPS) is 10.9. The second-order valence-corrected chi connectivity index (χ2v) is 4.16. The minimum absolute atomic E-state index is 0.115. The Balaban J connectivity index is 3.04. The second kappa shape index (κ2) is 3.23. The number of benzene rings is 1. The van der Waals surface area contributed by atoms with Gasteiger partial charge in [0.25, 0.3) is 0 Å². The molecule has 0 aliphatic heterocycles. The number of fused-ring (bicyclic) bond motifs is 1. The zero-order valence-electron chi connectivity index (χ0n) is 9.59. The standard InChI is InChI=1S/C13H15NO/c1-8-5-11-12(6-9(8)2)14(4)10(3)7-13(11)15/h5-7H,1-4H3. The molecule has 0 bridgehead atoms. The third kappa shape index (κ3) is 1.46. The number of aryl methyl sites for hydroxylation is 4. The number of rotatable bonds is 0. The first-order valence-electron chi connectivity index (χ1n) is 5.08. The van der Waals surface area contributed by atoms with Crippen molar-refractivity contribution in [1.82, 2.24) is 4.57 Å². The highest BCUT2D eigenvalue weighted by atomic mass is 16.1. The smallest absolute Gasteiger partial charge is 0.189 e. The van der Waals surface area contributed by atoms with Gasteiger partial charge in [-0.3, -0.25) is 4.79 Å². The van der Waals surface area contributed by atoms with E-state index in [2.05, 4.69) is 17.6 Å². The Labute approximate surface area is 89.2 Å². The van der Waals surface area contributed by atoms with Gasteiger partial charge >= 0.3 is 0 Å². The summed E-state index contributed by atoms with van der Waals surface area (Å²) in [5.41, 5.74) is 4.52. The van der Waals surface area contributed by atoms with E-state index in [1.165, 1.54) is 11.1 Å². The van der Waals surface area contributed by atoms with Crippen molar-refractivity contribution in [2.75, 3.05) is 0 Å². The van der Waals surface area contributed by atoms with Crippen molar-refractivity contribution in [2.24, 2.45) is 7.05 Å². The van der Waals surface area contributed by atoms with Gasteiger partial charge in [-0.25, -0.2) is 0 Å². The fourth-order valence-corrected chi connectivity index (χ4v) is 1.83. The lowest BCUT2D eigenvalue weighted by molar-refractivity contribution is 0.897. The molecule has 2 nitrogen and oxygen atoms in total. The fourth-order valence-electron chi connectivity index (χ4n) is 1.83. The number of nitrogens with zero attached hydrogens (tertiary/aromatic N) is 1. The van der Waals surface area contributed by atoms with Crippen LogP contribution in [0.2, 0.25) is 0 Å². The maximum absolute atomic E-state index is 11.8. The van der Waals surface area contributed by atoms with Crippen LogP contribution in [0, 0.1) is 20.8 Å². The molecule has 0 radical (unpaired) electrons. The second-order valence-electron chi connectivity index (χ2n) is 4.16. The Bertz CT molecular complexity index is 593. The Morgan fingerprint density at radius 3 is 2.27 bits per heavy atom. The summed E-state index contributed by atoms with van der Waals surface area (Å²) >= 11 is 0. The lowest BCUT2D eigenvalue weighted by atomic mass is 10.1. The molecular weight excluding hydrogens is 186 g/mol. The van der Waals surface area contributed by atoms with E-state index in [0.29, 0.717) is 0 Å². The topological polar surface area (TPSA) is 22.0 Å². The van der Waals surface area contributed by atoms with Crippen molar-refractivity contribution in [3.05, 3.63) is 45.2 Å². The molecule has 1 aromatic carbocycles. The number of pyridine rings is 1. The molecule has 0 saturated heterocycles. The van der Waals surface area contributed by atoms with Crippen molar-refractivity contribution in [2.45, 2.75) is 20.8 Å². The van der Waals surface area contributed by atoms with E-state index in [4.69, 9.17) is 0 Å². The van der Waals surface area contributed by atoms with Gasteiger partial charge in [-0.2, -0.15) is 0 Å². The van der Waals surface area contributed by atoms with Crippen LogP contribution in [0.4, 0.5) is 0 Å². The molecule has 0 N–H and O–H groups in total. The molecule has 0 amide bonds. The predicted octanol–water partition coefficient (Wildman–Crippen LogP) is 2.46. The zero-order chi connectivity index (χ0) is 11.2. The Morgan fingerprint density at radius 1 is 1.00 bits per heavy atom. The molecule has 2 aromatic rings. The highest BCUT2D eigenvalue weighted by Gasteiger charge is 2.05. The predicted molar refractivity (Wildman–Crippen MR) is 63.4 cm³/mol. The van der Waals surface area contributed by atoms with Crippen LogP contribution in [-0.4, -0.2) is 4.57 Å². The molecule has 0 spiro atoms. The van der Waals surface area contributed by atoms with Crippen molar-refractivity contribution in [1.29, 1.82) is 0 Å². The Kier molecular flexibility index (Phi) is 2.14. The van der Waals surface area contributed by atoms with Gasteiger partial charge < -0.3 is 4.57 Å². The van der Waals surface area contributed by atoms with E-state index in [0.717, 1.165) is 16.6 Å². The van der Waals surface area contributed by atoms with Crippen molar-refractivity contribution < 1.29 is 0 Å². The molecule has 0 fully saturated rings. The van der Waals surface area contributed by atoms with Crippen LogP contribution < -0.4 is 5.43 Å². The number of hydrogen-bond donors (Lipinski definition) is 0. The minimum Gasteiger partial charge on any atom is -0.348 e. The van der Waals surface area contributed by atoms with E-state index in [1.807, 2.05) is 27.0 Å². The molecule has 2 rings (SSSR count). The van der Waals surface area contributed by atoms with Gasteiger partial charge in [-0.05, 0) is 44.0 Å². The maximum atomic E-state index is 11.8. The summed E-state index contributed by atoms with van der Waals surface area (Å²) in [5, 5.41) is 0.811. The summed E-state index contributed by atoms with van der Waals surface area (Å²) in [6, 6.07) is 5.75. The van der Waals surface area contributed by atoms with Gasteiger partial charge in [0.1, 0.15) is 0 Å². The van der Waals surface area contributed by atoms with Crippen LogP contribution in [0.1, 0.15) is 16.8 Å². The van der Waals surface area contributed by atoms with Gasteiger partial charge in [0.15, 0.2) is 5.43 Å². The maximum Gasteiger partial charge on any atom is 0.189 e. The van der Waals surface area contributed by atoms with E-state index >= 15 is 0 Å². The highest BCUT2D eigenvalue weighted by Crippen LogP contribution is 2.16. The molecule has 0 aliphatic carbocycles. The summed E-state index contributed by atoms with van der Waals surface area (Å²) in [5.74, 6) is 0. The Hall–Kier alpha value is -1.57. The monoisotopic (exact) mass is 201 g/mol. The van der Waals surface area contributed by atoms with E-state index in [-0.39, 0.29) is 5.43 Å². The van der Waals surface area contributed by atoms with Gasteiger partial charge in [0, 0.05) is 24.2 Å². The summed E-state index contributed by atoms with van der Waals surface area (Å²) < 4.78 is 2.06. The van der Waals surface area contributed by atoms with E-state index in [9.17, 15) is 4.79 Å². The number of hydrogen-bond acceptors (Lipinski definition) is 1. The fraction of sp³-hybridized carbons (Fsp3) is 0.308. The van der Waals surface area contributed by atoms with Crippen molar-refractivity contribution in [3.63, 3.8) is 0 Å². The van der Waals surface area contributed by atoms with Crippen LogP contribution in [0.25, 0.3) is 10.9 Å². The third-order valence-corrected chi connectivity index (χ3v) is 3.11. The average Bonchev–Trinajstić information content (AvgIpc) is 2.18. The Morgan fingerprint density at radius 2 is 1.60 bits per heavy atom. The molecule has 0 saturated carbocycles. The highest BCUT2D eigenvalue weighted by molar-refractivity contribution is 5.81. The van der Waals surface area contributed by atoms with Gasteiger partial charge in [-0.15, -0.1) is 0 Å². The molecule has 1 heterocycles. The number of aromatic nitrogens is 1. The summed E-state index contributed by atoms with van der Waals surface area (Å²) in [4.78, 5) is 11.8. The lowest BCUT2D eigenvalue weighted by Gasteiger charge is -2.10. The van der Waals surface area contributed by atoms with Crippen LogP contribution in [0.3, 0.4) is 0 Å². The molecule has 0 aliphatic rings. The van der Waals surface area contributed by atoms with Crippen molar-refractivity contribution in [3.8, 4) is 0 Å². The first-order valence-corrected chi connectivity index (χ1v) is 5.08. The van der Waals surface area contributed by atoms with Crippen LogP contribution in [0.5, 0.6) is 0 Å². The molecular formula is C13H15NO. The van der Waals surface area contributed by atoms with E-state index in [1.54, 1.807) is 6.07 Å². The van der Waals surface area contributed by atoms with Crippen LogP contribution in [-0.2, 0) is 7.05 Å². The van der Waals surface area contributed by atoms with Crippen LogP contribution >= 0.6 is 0 Å². The largest absolute Gasteiger partial charge is 0.348 e. The van der Waals surface area contributed by atoms with Gasteiger partial charge in [0.05, 0.1) is 5.52 Å². The third-order valence-electron chi connectivity index (χ3n) is 3.11. The molecule has 78 valence electrons.